The second-order valence-corrected chi connectivity index (χ2v) is 7.42. The average molecular weight is 347 g/mol. The van der Waals surface area contributed by atoms with Crippen LogP contribution in [-0.2, 0) is 9.84 Å². The third-order valence-electron chi connectivity index (χ3n) is 3.23. The van der Waals surface area contributed by atoms with Crippen LogP contribution in [0.2, 0.25) is 5.02 Å². The second-order valence-electron chi connectivity index (χ2n) is 5.06. The Hall–Kier alpha value is -2.29. The number of anilines is 1. The fraction of sp³-hybridized carbons (Fsp3) is 0.118. The molecule has 2 aromatic carbocycles. The van der Waals surface area contributed by atoms with E-state index in [9.17, 15) is 13.7 Å². The van der Waals surface area contributed by atoms with Gasteiger partial charge in [-0.3, -0.25) is 0 Å². The van der Waals surface area contributed by atoms with E-state index in [1.165, 1.54) is 30.3 Å². The van der Waals surface area contributed by atoms with E-state index in [0.717, 1.165) is 5.69 Å². The van der Waals surface area contributed by atoms with Gasteiger partial charge in [0.2, 0.25) is 9.84 Å². The summed E-state index contributed by atoms with van der Waals surface area (Å²) in [6, 6.07) is 14.8. The smallest absolute Gasteiger partial charge is 0.216 e. The van der Waals surface area contributed by atoms with Crippen molar-refractivity contribution in [1.29, 1.82) is 5.26 Å². The van der Waals surface area contributed by atoms with Gasteiger partial charge in [-0.25, -0.2) is 8.42 Å². The van der Waals surface area contributed by atoms with Crippen molar-refractivity contribution < 1.29 is 8.42 Å². The molecule has 0 radical (unpaired) electrons. The van der Waals surface area contributed by atoms with Crippen LogP contribution in [0.15, 0.2) is 58.3 Å². The van der Waals surface area contributed by atoms with E-state index in [0.29, 0.717) is 10.6 Å². The van der Waals surface area contributed by atoms with E-state index in [-0.39, 0.29) is 9.80 Å². The van der Waals surface area contributed by atoms with Gasteiger partial charge in [0.1, 0.15) is 11.0 Å². The zero-order valence-electron chi connectivity index (χ0n) is 12.7. The predicted octanol–water partition coefficient (Wildman–Crippen LogP) is 3.74. The maximum Gasteiger partial charge on any atom is 0.216 e. The standard InChI is InChI=1S/C17H15ClN2O2S/c1-20(2)15-7-3-13(4-8-15)11-17(12-19)23(21,22)16-9-5-14(18)6-10-16/h3-11H,1-2H3/b17-11-. The minimum atomic E-state index is -3.86. The molecule has 0 saturated carbocycles. The average Bonchev–Trinajstić information content (AvgIpc) is 2.53. The molecule has 0 aliphatic heterocycles. The molecule has 6 heteroatoms. The summed E-state index contributed by atoms with van der Waals surface area (Å²) >= 11 is 5.77. The van der Waals surface area contributed by atoms with Crippen molar-refractivity contribution >= 4 is 33.2 Å². The first-order valence-corrected chi connectivity index (χ1v) is 8.60. The summed E-state index contributed by atoms with van der Waals surface area (Å²) in [5, 5.41) is 9.69. The van der Waals surface area contributed by atoms with Crippen molar-refractivity contribution in [1.82, 2.24) is 0 Å². The lowest BCUT2D eigenvalue weighted by Crippen LogP contribution is -2.08. The van der Waals surface area contributed by atoms with E-state index in [4.69, 9.17) is 11.6 Å². The molecule has 2 aromatic rings. The van der Waals surface area contributed by atoms with Crippen molar-refractivity contribution in [2.24, 2.45) is 0 Å². The van der Waals surface area contributed by atoms with Gasteiger partial charge in [0.25, 0.3) is 0 Å². The summed E-state index contributed by atoms with van der Waals surface area (Å²) in [5.41, 5.74) is 1.63. The van der Waals surface area contributed by atoms with Gasteiger partial charge in [-0.2, -0.15) is 5.26 Å². The van der Waals surface area contributed by atoms with Crippen molar-refractivity contribution in [3.63, 3.8) is 0 Å². The molecule has 0 heterocycles. The van der Waals surface area contributed by atoms with Gasteiger partial charge >= 0.3 is 0 Å². The molecule has 0 spiro atoms. The molecule has 0 aliphatic rings. The van der Waals surface area contributed by atoms with Gasteiger partial charge in [0.05, 0.1) is 4.90 Å². The molecular formula is C17H15ClN2O2S. The van der Waals surface area contributed by atoms with Gasteiger partial charge in [0.15, 0.2) is 0 Å². The second kappa shape index (κ2) is 6.86. The van der Waals surface area contributed by atoms with Crippen LogP contribution in [0.4, 0.5) is 5.69 Å². The molecule has 0 N–H and O–H groups in total. The molecule has 0 atom stereocenters. The van der Waals surface area contributed by atoms with Crippen molar-refractivity contribution in [2.45, 2.75) is 4.90 Å². The first-order chi connectivity index (χ1) is 10.8. The highest BCUT2D eigenvalue weighted by Gasteiger charge is 2.20. The number of benzene rings is 2. The number of halogens is 1. The maximum atomic E-state index is 12.5. The first kappa shape index (κ1) is 17.1. The van der Waals surface area contributed by atoms with Crippen molar-refractivity contribution in [3.05, 3.63) is 64.0 Å². The van der Waals surface area contributed by atoms with Gasteiger partial charge in [-0.05, 0) is 48.0 Å². The van der Waals surface area contributed by atoms with Crippen LogP contribution in [0.25, 0.3) is 6.08 Å². The lowest BCUT2D eigenvalue weighted by atomic mass is 10.2. The first-order valence-electron chi connectivity index (χ1n) is 6.74. The molecule has 4 nitrogen and oxygen atoms in total. The van der Waals surface area contributed by atoms with Gasteiger partial charge in [-0.15, -0.1) is 0 Å². The lowest BCUT2D eigenvalue weighted by Gasteiger charge is -2.12. The molecule has 0 saturated heterocycles. The van der Waals surface area contributed by atoms with E-state index in [2.05, 4.69) is 0 Å². The molecule has 2 rings (SSSR count). The number of nitrogens with zero attached hydrogens (tertiary/aromatic N) is 2. The van der Waals surface area contributed by atoms with Crippen LogP contribution in [0.1, 0.15) is 5.56 Å². The van der Waals surface area contributed by atoms with E-state index in [1.807, 2.05) is 31.1 Å². The molecule has 0 aromatic heterocycles. The lowest BCUT2D eigenvalue weighted by molar-refractivity contribution is 0.603. The largest absolute Gasteiger partial charge is 0.378 e. The highest BCUT2D eigenvalue weighted by molar-refractivity contribution is 7.95. The quantitative estimate of drug-likeness (QED) is 0.791. The number of hydrogen-bond acceptors (Lipinski definition) is 4. The van der Waals surface area contributed by atoms with Gasteiger partial charge < -0.3 is 4.90 Å². The van der Waals surface area contributed by atoms with Crippen LogP contribution in [-0.4, -0.2) is 22.5 Å². The number of rotatable bonds is 4. The van der Waals surface area contributed by atoms with Crippen molar-refractivity contribution in [3.8, 4) is 6.07 Å². The third kappa shape index (κ3) is 3.92. The molecular weight excluding hydrogens is 332 g/mol. The zero-order valence-corrected chi connectivity index (χ0v) is 14.3. The summed E-state index contributed by atoms with van der Waals surface area (Å²) in [7, 11) is -0.0351. The summed E-state index contributed by atoms with van der Waals surface area (Å²) < 4.78 is 25.0. The molecule has 0 amide bonds. The molecule has 118 valence electrons. The molecule has 0 bridgehead atoms. The van der Waals surface area contributed by atoms with E-state index >= 15 is 0 Å². The Bertz CT molecular complexity index is 862. The highest BCUT2D eigenvalue weighted by atomic mass is 35.5. The van der Waals surface area contributed by atoms with Crippen LogP contribution in [0.3, 0.4) is 0 Å². The Balaban J connectivity index is 2.42. The zero-order chi connectivity index (χ0) is 17.0. The Labute approximate surface area is 141 Å². The summed E-state index contributed by atoms with van der Waals surface area (Å²) in [4.78, 5) is 1.67. The van der Waals surface area contributed by atoms with Gasteiger partial charge in [0, 0.05) is 24.8 Å². The molecule has 23 heavy (non-hydrogen) atoms. The van der Waals surface area contributed by atoms with Crippen LogP contribution >= 0.6 is 11.6 Å². The molecule has 0 fully saturated rings. The van der Waals surface area contributed by atoms with Crippen LogP contribution < -0.4 is 4.90 Å². The Kier molecular flexibility index (Phi) is 5.09. The molecule has 0 unspecified atom stereocenters. The topological polar surface area (TPSA) is 61.2 Å². The minimum absolute atomic E-state index is 0.0413. The summed E-state index contributed by atoms with van der Waals surface area (Å²) in [5.74, 6) is 0. The normalized spacial score (nSPS) is 11.8. The minimum Gasteiger partial charge on any atom is -0.378 e. The monoisotopic (exact) mass is 346 g/mol. The number of nitriles is 1. The Morgan fingerprint density at radius 2 is 1.65 bits per heavy atom. The number of hydrogen-bond donors (Lipinski definition) is 0. The van der Waals surface area contributed by atoms with Crippen LogP contribution in [0, 0.1) is 11.3 Å². The molecule has 0 aliphatic carbocycles. The number of allylic oxidation sites excluding steroid dienone is 1. The predicted molar refractivity (Wildman–Crippen MR) is 93.0 cm³/mol. The summed E-state index contributed by atoms with van der Waals surface area (Å²) in [6.07, 6.45) is 1.36. The fourth-order valence-electron chi connectivity index (χ4n) is 1.93. The Morgan fingerprint density at radius 1 is 1.09 bits per heavy atom. The van der Waals surface area contributed by atoms with E-state index in [1.54, 1.807) is 18.2 Å². The van der Waals surface area contributed by atoms with Gasteiger partial charge in [-0.1, -0.05) is 23.7 Å². The van der Waals surface area contributed by atoms with E-state index < -0.39 is 9.84 Å². The highest BCUT2D eigenvalue weighted by Crippen LogP contribution is 2.23. The maximum absolute atomic E-state index is 12.5. The van der Waals surface area contributed by atoms with Crippen molar-refractivity contribution in [2.75, 3.05) is 19.0 Å². The van der Waals surface area contributed by atoms with Crippen LogP contribution in [0.5, 0.6) is 0 Å². The number of sulfone groups is 1. The SMILES string of the molecule is CN(C)c1ccc(/C=C(/C#N)S(=O)(=O)c2ccc(Cl)cc2)cc1. The third-order valence-corrected chi connectivity index (χ3v) is 5.16. The Morgan fingerprint density at radius 3 is 2.13 bits per heavy atom. The summed E-state index contributed by atoms with van der Waals surface area (Å²) in [6.45, 7) is 0. The fourth-order valence-corrected chi connectivity index (χ4v) is 3.22.